The molecule has 0 saturated carbocycles. The van der Waals surface area contributed by atoms with Crippen molar-refractivity contribution in [2.45, 2.75) is 19.8 Å². The maximum Gasteiger partial charge on any atom is 0.289 e. The molecule has 1 spiro atoms. The summed E-state index contributed by atoms with van der Waals surface area (Å²) >= 11 is 0. The molecule has 2 saturated heterocycles. The summed E-state index contributed by atoms with van der Waals surface area (Å²) in [5.74, 6) is 0.445. The number of likely N-dealkylation sites (N-methyl/N-ethyl adjacent to an activating group) is 1. The zero-order chi connectivity index (χ0) is 14.7. The molecule has 0 unspecified atom stereocenters. The second-order valence-corrected chi connectivity index (χ2v) is 6.23. The Balaban J connectivity index is 1.73. The Morgan fingerprint density at radius 1 is 1.38 bits per heavy atom. The summed E-state index contributed by atoms with van der Waals surface area (Å²) in [6.45, 7) is 8.37. The minimum atomic E-state index is 0.00590. The molecule has 116 valence electrons. The van der Waals surface area contributed by atoms with Gasteiger partial charge in [0, 0.05) is 31.6 Å². The van der Waals surface area contributed by atoms with Gasteiger partial charge in [0.2, 0.25) is 0 Å². The van der Waals surface area contributed by atoms with E-state index in [0.29, 0.717) is 5.76 Å². The number of carbonyl (C=O) groups is 1. The van der Waals surface area contributed by atoms with Crippen LogP contribution in [0.5, 0.6) is 0 Å². The average Bonchev–Trinajstić information content (AvgIpc) is 2.97. The van der Waals surface area contributed by atoms with E-state index in [1.807, 2.05) is 4.90 Å². The predicted octanol–water partition coefficient (Wildman–Crippen LogP) is 1.85. The highest BCUT2D eigenvalue weighted by atomic mass is 16.5. The fourth-order valence-electron chi connectivity index (χ4n) is 3.54. The number of likely N-dealkylation sites (tertiary alicyclic amines) is 1. The molecule has 3 heterocycles. The van der Waals surface area contributed by atoms with Crippen molar-refractivity contribution in [2.75, 3.05) is 45.9 Å². The maximum atomic E-state index is 12.5. The summed E-state index contributed by atoms with van der Waals surface area (Å²) in [5.41, 5.74) is 0.0764. The van der Waals surface area contributed by atoms with Crippen molar-refractivity contribution < 1.29 is 13.9 Å². The fourth-order valence-corrected chi connectivity index (χ4v) is 3.54. The molecule has 21 heavy (non-hydrogen) atoms. The van der Waals surface area contributed by atoms with Crippen molar-refractivity contribution >= 4 is 5.91 Å². The lowest BCUT2D eigenvalue weighted by molar-refractivity contribution is 0.00647. The molecule has 1 aromatic heterocycles. The molecule has 1 atom stereocenters. The van der Waals surface area contributed by atoms with Gasteiger partial charge in [0.05, 0.1) is 19.5 Å². The first-order valence-electron chi connectivity index (χ1n) is 7.85. The van der Waals surface area contributed by atoms with Gasteiger partial charge in [-0.05, 0) is 31.5 Å². The van der Waals surface area contributed by atoms with Crippen molar-refractivity contribution in [1.82, 2.24) is 9.80 Å². The minimum Gasteiger partial charge on any atom is -0.459 e. The topological polar surface area (TPSA) is 45.9 Å². The van der Waals surface area contributed by atoms with E-state index in [4.69, 9.17) is 9.15 Å². The van der Waals surface area contributed by atoms with E-state index in [1.54, 1.807) is 18.4 Å². The van der Waals surface area contributed by atoms with Crippen LogP contribution in [-0.2, 0) is 4.74 Å². The van der Waals surface area contributed by atoms with Crippen LogP contribution in [0.15, 0.2) is 22.8 Å². The molecule has 0 bridgehead atoms. The molecule has 2 fully saturated rings. The molecule has 3 rings (SSSR count). The van der Waals surface area contributed by atoms with Gasteiger partial charge in [0.25, 0.3) is 5.91 Å². The normalized spacial score (nSPS) is 27.8. The van der Waals surface area contributed by atoms with E-state index in [1.165, 1.54) is 0 Å². The first-order chi connectivity index (χ1) is 10.2. The number of nitrogens with zero attached hydrogens (tertiary/aromatic N) is 2. The Morgan fingerprint density at radius 3 is 3.05 bits per heavy atom. The third kappa shape index (κ3) is 3.14. The van der Waals surface area contributed by atoms with Gasteiger partial charge in [-0.15, -0.1) is 0 Å². The molecule has 2 aliphatic rings. The van der Waals surface area contributed by atoms with Gasteiger partial charge < -0.3 is 19.0 Å². The Bertz CT molecular complexity index is 474. The predicted molar refractivity (Wildman–Crippen MR) is 79.2 cm³/mol. The first kappa shape index (κ1) is 14.6. The largest absolute Gasteiger partial charge is 0.459 e. The fraction of sp³-hybridized carbons (Fsp3) is 0.688. The third-order valence-electron chi connectivity index (χ3n) is 4.65. The van der Waals surface area contributed by atoms with Gasteiger partial charge >= 0.3 is 0 Å². The summed E-state index contributed by atoms with van der Waals surface area (Å²) in [4.78, 5) is 16.9. The Kier molecular flexibility index (Phi) is 4.31. The highest BCUT2D eigenvalue weighted by Crippen LogP contribution is 2.33. The van der Waals surface area contributed by atoms with Gasteiger partial charge in [-0.25, -0.2) is 0 Å². The van der Waals surface area contributed by atoms with Crippen LogP contribution in [0.4, 0.5) is 0 Å². The number of piperidine rings is 1. The number of rotatable bonds is 2. The second kappa shape index (κ2) is 6.20. The van der Waals surface area contributed by atoms with Gasteiger partial charge in [-0.1, -0.05) is 6.92 Å². The maximum absolute atomic E-state index is 12.5. The van der Waals surface area contributed by atoms with Crippen LogP contribution in [0.2, 0.25) is 0 Å². The van der Waals surface area contributed by atoms with Gasteiger partial charge in [0.15, 0.2) is 5.76 Å². The third-order valence-corrected chi connectivity index (χ3v) is 4.65. The first-order valence-corrected chi connectivity index (χ1v) is 7.85. The van der Waals surface area contributed by atoms with Crippen molar-refractivity contribution in [3.63, 3.8) is 0 Å². The molecule has 0 radical (unpaired) electrons. The van der Waals surface area contributed by atoms with Crippen LogP contribution in [0.3, 0.4) is 0 Å². The average molecular weight is 292 g/mol. The lowest BCUT2D eigenvalue weighted by atomic mass is 9.80. The monoisotopic (exact) mass is 292 g/mol. The number of amides is 1. The van der Waals surface area contributed by atoms with E-state index in [2.05, 4.69) is 11.8 Å². The highest BCUT2D eigenvalue weighted by molar-refractivity contribution is 5.91. The van der Waals surface area contributed by atoms with Gasteiger partial charge in [-0.3, -0.25) is 4.79 Å². The molecule has 0 aromatic carbocycles. The Morgan fingerprint density at radius 2 is 2.29 bits per heavy atom. The zero-order valence-corrected chi connectivity index (χ0v) is 12.7. The van der Waals surface area contributed by atoms with Crippen LogP contribution in [0.1, 0.15) is 30.3 Å². The number of furan rings is 1. The van der Waals surface area contributed by atoms with Crippen LogP contribution < -0.4 is 0 Å². The van der Waals surface area contributed by atoms with Gasteiger partial charge in [0.1, 0.15) is 0 Å². The summed E-state index contributed by atoms with van der Waals surface area (Å²) in [5, 5.41) is 0. The lowest BCUT2D eigenvalue weighted by Gasteiger charge is -2.43. The van der Waals surface area contributed by atoms with Crippen molar-refractivity contribution in [3.05, 3.63) is 24.2 Å². The SMILES string of the molecule is CCN1CCOC[C@]2(CCCN(C(=O)c3ccco3)C2)C1. The van der Waals surface area contributed by atoms with E-state index >= 15 is 0 Å². The van der Waals surface area contributed by atoms with E-state index in [9.17, 15) is 4.79 Å². The van der Waals surface area contributed by atoms with Crippen LogP contribution >= 0.6 is 0 Å². The summed E-state index contributed by atoms with van der Waals surface area (Å²) in [6, 6.07) is 3.51. The molecule has 1 amide bonds. The van der Waals surface area contributed by atoms with E-state index in [0.717, 1.165) is 58.8 Å². The van der Waals surface area contributed by atoms with E-state index in [-0.39, 0.29) is 11.3 Å². The minimum absolute atomic E-state index is 0.00590. The molecular formula is C16H24N2O3. The second-order valence-electron chi connectivity index (χ2n) is 6.23. The van der Waals surface area contributed by atoms with Crippen molar-refractivity contribution in [2.24, 2.45) is 5.41 Å². The summed E-state index contributed by atoms with van der Waals surface area (Å²) in [7, 11) is 0. The van der Waals surface area contributed by atoms with Crippen molar-refractivity contribution in [3.8, 4) is 0 Å². The smallest absolute Gasteiger partial charge is 0.289 e. The van der Waals surface area contributed by atoms with Crippen LogP contribution in [-0.4, -0.2) is 61.6 Å². The Labute approximate surface area is 125 Å². The molecule has 5 nitrogen and oxygen atoms in total. The van der Waals surface area contributed by atoms with Gasteiger partial charge in [-0.2, -0.15) is 0 Å². The molecule has 0 aliphatic carbocycles. The van der Waals surface area contributed by atoms with E-state index < -0.39 is 0 Å². The zero-order valence-electron chi connectivity index (χ0n) is 12.7. The molecule has 1 aromatic rings. The lowest BCUT2D eigenvalue weighted by Crippen LogP contribution is -2.52. The quantitative estimate of drug-likeness (QED) is 0.834. The summed E-state index contributed by atoms with van der Waals surface area (Å²) in [6.07, 6.45) is 3.72. The molecule has 0 N–H and O–H groups in total. The molecule has 2 aliphatic heterocycles. The van der Waals surface area contributed by atoms with Crippen molar-refractivity contribution in [1.29, 1.82) is 0 Å². The standard InChI is InChI=1S/C16H24N2O3/c1-2-17-8-10-20-13-16(11-17)6-4-7-18(12-16)15(19)14-5-3-9-21-14/h3,5,9H,2,4,6-8,10-13H2,1H3/t16-/m1/s1. The van der Waals surface area contributed by atoms with Crippen LogP contribution in [0.25, 0.3) is 0 Å². The number of carbonyl (C=O) groups excluding carboxylic acids is 1. The molecule has 5 heteroatoms. The number of hydrogen-bond donors (Lipinski definition) is 0. The highest BCUT2D eigenvalue weighted by Gasteiger charge is 2.40. The van der Waals surface area contributed by atoms with Crippen LogP contribution in [0, 0.1) is 5.41 Å². The summed E-state index contributed by atoms with van der Waals surface area (Å²) < 4.78 is 11.1. The molecular weight excluding hydrogens is 268 g/mol. The Hall–Kier alpha value is -1.33. The number of hydrogen-bond acceptors (Lipinski definition) is 4. The number of ether oxygens (including phenoxy) is 1.